The lowest BCUT2D eigenvalue weighted by Gasteiger charge is -2.11. The third kappa shape index (κ3) is 4.75. The van der Waals surface area contributed by atoms with E-state index < -0.39 is 0 Å². The molecule has 0 aliphatic heterocycles. The van der Waals surface area contributed by atoms with E-state index in [4.69, 9.17) is 19.4 Å². The molecule has 220 valence electrons. The number of hydrogen-bond donors (Lipinski definition) is 0. The zero-order chi connectivity index (χ0) is 31.2. The van der Waals surface area contributed by atoms with Gasteiger partial charge in [-0.1, -0.05) is 158 Å². The largest absolute Gasteiger partial charge is 0.455 e. The number of aromatic nitrogens is 3. The monoisotopic (exact) mass is 601 g/mol. The third-order valence-electron chi connectivity index (χ3n) is 8.76. The van der Waals surface area contributed by atoms with Crippen molar-refractivity contribution in [1.29, 1.82) is 0 Å². The molecule has 9 aromatic rings. The molecule has 0 radical (unpaired) electrons. The summed E-state index contributed by atoms with van der Waals surface area (Å²) in [6.45, 7) is 0. The lowest BCUT2D eigenvalue weighted by Crippen LogP contribution is -2.00. The first-order valence-corrected chi connectivity index (χ1v) is 15.7. The van der Waals surface area contributed by atoms with Gasteiger partial charge in [0.05, 0.1) is 0 Å². The van der Waals surface area contributed by atoms with Gasteiger partial charge in [0.15, 0.2) is 17.5 Å². The molecule has 0 saturated carbocycles. The van der Waals surface area contributed by atoms with Crippen LogP contribution in [0.3, 0.4) is 0 Å². The summed E-state index contributed by atoms with van der Waals surface area (Å²) >= 11 is 0. The van der Waals surface area contributed by atoms with Crippen LogP contribution >= 0.6 is 0 Å². The zero-order valence-corrected chi connectivity index (χ0v) is 25.3. The molecule has 0 bridgehead atoms. The summed E-state index contributed by atoms with van der Waals surface area (Å²) in [5, 5.41) is 4.24. The molecule has 0 fully saturated rings. The Morgan fingerprint density at radius 1 is 0.340 bits per heavy atom. The van der Waals surface area contributed by atoms with Crippen LogP contribution in [0.1, 0.15) is 0 Å². The SMILES string of the molecule is c1ccc(-c2ccc(-c3cccc4c3oc3cccc(-c5nc(-c6ccccc6)nc(-c6cccc7ccccc67)n5)c34)cc2)cc1. The molecule has 9 rings (SSSR count). The maximum absolute atomic E-state index is 6.63. The number of benzene rings is 7. The predicted octanol–water partition coefficient (Wildman–Crippen LogP) is 11.3. The van der Waals surface area contributed by atoms with Crippen LogP contribution in [0.25, 0.3) is 89.1 Å². The molecule has 47 heavy (non-hydrogen) atoms. The second-order valence-electron chi connectivity index (χ2n) is 11.6. The van der Waals surface area contributed by atoms with E-state index in [1.807, 2.05) is 48.5 Å². The number of furan rings is 1. The molecular weight excluding hydrogens is 574 g/mol. The van der Waals surface area contributed by atoms with Gasteiger partial charge >= 0.3 is 0 Å². The minimum atomic E-state index is 0.604. The first-order valence-electron chi connectivity index (χ1n) is 15.7. The molecule has 0 saturated heterocycles. The Kier molecular flexibility index (Phi) is 6.43. The van der Waals surface area contributed by atoms with Gasteiger partial charge in [0.2, 0.25) is 0 Å². The van der Waals surface area contributed by atoms with Crippen molar-refractivity contribution in [2.45, 2.75) is 0 Å². The molecule has 0 atom stereocenters. The van der Waals surface area contributed by atoms with Crippen molar-refractivity contribution in [3.8, 4) is 56.4 Å². The third-order valence-corrected chi connectivity index (χ3v) is 8.76. The van der Waals surface area contributed by atoms with Crippen LogP contribution in [-0.4, -0.2) is 15.0 Å². The molecule has 0 N–H and O–H groups in total. The van der Waals surface area contributed by atoms with Gasteiger partial charge in [-0.15, -0.1) is 0 Å². The van der Waals surface area contributed by atoms with Crippen LogP contribution in [0.15, 0.2) is 168 Å². The summed E-state index contributed by atoms with van der Waals surface area (Å²) in [5.74, 6) is 1.87. The maximum Gasteiger partial charge on any atom is 0.164 e. The highest BCUT2D eigenvalue weighted by molar-refractivity contribution is 6.15. The predicted molar refractivity (Wildman–Crippen MR) is 192 cm³/mol. The smallest absolute Gasteiger partial charge is 0.164 e. The van der Waals surface area contributed by atoms with E-state index in [1.165, 1.54) is 11.1 Å². The molecule has 0 spiro atoms. The summed E-state index contributed by atoms with van der Waals surface area (Å²) in [5.41, 5.74) is 8.95. The number of nitrogens with zero attached hydrogens (tertiary/aromatic N) is 3. The van der Waals surface area contributed by atoms with Crippen molar-refractivity contribution < 1.29 is 4.42 Å². The topological polar surface area (TPSA) is 51.8 Å². The fourth-order valence-electron chi connectivity index (χ4n) is 6.49. The van der Waals surface area contributed by atoms with Crippen molar-refractivity contribution in [3.05, 3.63) is 164 Å². The zero-order valence-electron chi connectivity index (χ0n) is 25.3. The van der Waals surface area contributed by atoms with Crippen LogP contribution in [0.5, 0.6) is 0 Å². The van der Waals surface area contributed by atoms with Gasteiger partial charge in [0.1, 0.15) is 11.2 Å². The first-order chi connectivity index (χ1) is 23.3. The van der Waals surface area contributed by atoms with Crippen molar-refractivity contribution in [2.24, 2.45) is 0 Å². The normalized spacial score (nSPS) is 11.4. The average molecular weight is 602 g/mol. The molecule has 2 aromatic heterocycles. The Balaban J connectivity index is 1.24. The van der Waals surface area contributed by atoms with Gasteiger partial charge in [0, 0.05) is 33.0 Å². The average Bonchev–Trinajstić information content (AvgIpc) is 3.54. The van der Waals surface area contributed by atoms with Gasteiger partial charge in [-0.3, -0.25) is 0 Å². The highest BCUT2D eigenvalue weighted by atomic mass is 16.3. The second-order valence-corrected chi connectivity index (χ2v) is 11.6. The van der Waals surface area contributed by atoms with E-state index in [-0.39, 0.29) is 0 Å². The molecule has 0 aliphatic rings. The number of hydrogen-bond acceptors (Lipinski definition) is 4. The van der Waals surface area contributed by atoms with Crippen LogP contribution in [-0.2, 0) is 0 Å². The van der Waals surface area contributed by atoms with Gasteiger partial charge in [0.25, 0.3) is 0 Å². The fourth-order valence-corrected chi connectivity index (χ4v) is 6.49. The van der Waals surface area contributed by atoms with Crippen LogP contribution in [0, 0.1) is 0 Å². The Morgan fingerprint density at radius 2 is 0.872 bits per heavy atom. The molecular formula is C43H27N3O. The Labute approximate surface area is 271 Å². The Bertz CT molecular complexity index is 2550. The minimum Gasteiger partial charge on any atom is -0.455 e. The second kappa shape index (κ2) is 11.2. The minimum absolute atomic E-state index is 0.604. The van der Waals surface area contributed by atoms with Crippen LogP contribution < -0.4 is 0 Å². The summed E-state index contributed by atoms with van der Waals surface area (Å²) in [4.78, 5) is 15.2. The molecule has 4 nitrogen and oxygen atoms in total. The highest BCUT2D eigenvalue weighted by Crippen LogP contribution is 2.41. The Hall–Kier alpha value is -6.39. The lowest BCUT2D eigenvalue weighted by atomic mass is 9.98. The van der Waals surface area contributed by atoms with E-state index in [2.05, 4.69) is 115 Å². The molecule has 2 heterocycles. The Morgan fingerprint density at radius 3 is 1.68 bits per heavy atom. The molecule has 0 amide bonds. The number of fused-ring (bicyclic) bond motifs is 4. The fraction of sp³-hybridized carbons (Fsp3) is 0. The standard InChI is InChI=1S/C43H27N3O/c1-3-12-28(13-4-1)29-24-26-31(27-25-29)34-19-10-21-36-39-37(22-11-23-38(39)47-40(34)36)43-45-41(32-15-5-2-6-16-32)44-42(46-43)35-20-9-17-30-14-7-8-18-33(30)35/h1-27H. The van der Waals surface area contributed by atoms with Gasteiger partial charge in [-0.25, -0.2) is 15.0 Å². The molecule has 7 aromatic carbocycles. The quantitative estimate of drug-likeness (QED) is 0.197. The number of para-hydroxylation sites is 1. The van der Waals surface area contributed by atoms with E-state index in [0.29, 0.717) is 17.5 Å². The van der Waals surface area contributed by atoms with Gasteiger partial charge in [-0.2, -0.15) is 0 Å². The highest BCUT2D eigenvalue weighted by Gasteiger charge is 2.20. The summed E-state index contributed by atoms with van der Waals surface area (Å²) in [6.07, 6.45) is 0. The number of rotatable bonds is 5. The maximum atomic E-state index is 6.63. The summed E-state index contributed by atoms with van der Waals surface area (Å²) in [7, 11) is 0. The van der Waals surface area contributed by atoms with E-state index in [0.717, 1.165) is 60.5 Å². The summed E-state index contributed by atoms with van der Waals surface area (Å²) < 4.78 is 6.63. The van der Waals surface area contributed by atoms with Crippen LogP contribution in [0.4, 0.5) is 0 Å². The molecule has 4 heteroatoms. The van der Waals surface area contributed by atoms with Crippen molar-refractivity contribution >= 4 is 32.7 Å². The van der Waals surface area contributed by atoms with Crippen molar-refractivity contribution in [1.82, 2.24) is 15.0 Å². The van der Waals surface area contributed by atoms with E-state index in [9.17, 15) is 0 Å². The van der Waals surface area contributed by atoms with Gasteiger partial charge < -0.3 is 4.42 Å². The van der Waals surface area contributed by atoms with Crippen molar-refractivity contribution in [3.63, 3.8) is 0 Å². The van der Waals surface area contributed by atoms with E-state index >= 15 is 0 Å². The summed E-state index contributed by atoms with van der Waals surface area (Å²) in [6, 6.07) is 56.2. The van der Waals surface area contributed by atoms with E-state index in [1.54, 1.807) is 0 Å². The lowest BCUT2D eigenvalue weighted by molar-refractivity contribution is 0.670. The van der Waals surface area contributed by atoms with Crippen molar-refractivity contribution in [2.75, 3.05) is 0 Å². The van der Waals surface area contributed by atoms with Gasteiger partial charge in [-0.05, 0) is 33.5 Å². The van der Waals surface area contributed by atoms with Crippen LogP contribution in [0.2, 0.25) is 0 Å². The first kappa shape index (κ1) is 27.0. The molecule has 0 unspecified atom stereocenters. The molecule has 0 aliphatic carbocycles.